The van der Waals surface area contributed by atoms with E-state index in [0.29, 0.717) is 5.56 Å². The second-order valence-electron chi connectivity index (χ2n) is 3.24. The van der Waals surface area contributed by atoms with Crippen LogP contribution in [0.3, 0.4) is 0 Å². The number of imide groups is 1. The van der Waals surface area contributed by atoms with Crippen molar-refractivity contribution in [1.82, 2.24) is 10.3 Å². The fourth-order valence-electron chi connectivity index (χ4n) is 0.962. The number of hydrogen-bond acceptors (Lipinski definition) is 3. The number of hydrazine groups is 1. The van der Waals surface area contributed by atoms with Crippen LogP contribution in [-0.2, 0) is 0 Å². The Bertz CT molecular complexity index is 371. The lowest BCUT2D eigenvalue weighted by Crippen LogP contribution is -2.44. The van der Waals surface area contributed by atoms with Crippen molar-refractivity contribution in [1.29, 1.82) is 0 Å². The number of hydrogen-bond donors (Lipinski definition) is 2. The summed E-state index contributed by atoms with van der Waals surface area (Å²) < 4.78 is 0. The monoisotopic (exact) mass is 207 g/mol. The molecule has 1 aromatic rings. The fourth-order valence-corrected chi connectivity index (χ4v) is 0.962. The maximum absolute atomic E-state index is 11.5. The van der Waals surface area contributed by atoms with Gasteiger partial charge in [0, 0.05) is 12.6 Å². The molecule has 0 atom stereocenters. The van der Waals surface area contributed by atoms with Crippen molar-refractivity contribution in [2.45, 2.75) is 6.92 Å². The van der Waals surface area contributed by atoms with Crippen LogP contribution >= 0.6 is 0 Å². The average molecular weight is 207 g/mol. The second kappa shape index (κ2) is 4.56. The minimum Gasteiger partial charge on any atom is -0.273 e. The van der Waals surface area contributed by atoms with Gasteiger partial charge in [-0.05, 0) is 19.1 Å². The second-order valence-corrected chi connectivity index (χ2v) is 3.24. The number of carbonyl (C=O) groups is 2. The third-order valence-corrected chi connectivity index (χ3v) is 1.85. The van der Waals surface area contributed by atoms with Crippen molar-refractivity contribution in [2.75, 3.05) is 7.05 Å². The Labute approximate surface area is 87.8 Å². The lowest BCUT2D eigenvalue weighted by Gasteiger charge is -2.10. The molecule has 5 nitrogen and oxygen atoms in total. The van der Waals surface area contributed by atoms with E-state index in [9.17, 15) is 9.59 Å². The topological polar surface area (TPSA) is 75.4 Å². The summed E-state index contributed by atoms with van der Waals surface area (Å²) in [6.45, 7) is 1.92. The van der Waals surface area contributed by atoms with Gasteiger partial charge in [0.1, 0.15) is 0 Å². The minimum absolute atomic E-state index is 0.427. The number of carbonyl (C=O) groups excluding carboxylic acids is 2. The fraction of sp³-hybridized carbons (Fsp3) is 0.200. The molecule has 0 aliphatic carbocycles. The summed E-state index contributed by atoms with van der Waals surface area (Å²) in [5, 5.41) is 2.95. The van der Waals surface area contributed by atoms with Crippen LogP contribution in [0.1, 0.15) is 15.9 Å². The molecule has 15 heavy (non-hydrogen) atoms. The average Bonchev–Trinajstić information content (AvgIpc) is 2.18. The summed E-state index contributed by atoms with van der Waals surface area (Å²) >= 11 is 0. The number of aryl methyl sites for hydroxylation is 1. The molecule has 1 aromatic carbocycles. The van der Waals surface area contributed by atoms with Crippen molar-refractivity contribution >= 4 is 11.9 Å². The smallest absolute Gasteiger partial charge is 0.273 e. The van der Waals surface area contributed by atoms with Crippen molar-refractivity contribution in [3.8, 4) is 0 Å². The predicted octanol–water partition coefficient (Wildman–Crippen LogP) is 0.650. The molecule has 5 heteroatoms. The number of amides is 3. The van der Waals surface area contributed by atoms with E-state index in [-0.39, 0.29) is 0 Å². The van der Waals surface area contributed by atoms with Crippen LogP contribution in [0, 0.1) is 6.92 Å². The summed E-state index contributed by atoms with van der Waals surface area (Å²) in [6, 6.07) is 6.25. The van der Waals surface area contributed by atoms with Crippen LogP contribution in [0.25, 0.3) is 0 Å². The molecule has 1 rings (SSSR count). The van der Waals surface area contributed by atoms with Crippen molar-refractivity contribution in [3.63, 3.8) is 0 Å². The quantitative estimate of drug-likeness (QED) is 0.403. The van der Waals surface area contributed by atoms with E-state index in [2.05, 4.69) is 5.32 Å². The van der Waals surface area contributed by atoms with Gasteiger partial charge in [0.15, 0.2) is 0 Å². The number of urea groups is 1. The van der Waals surface area contributed by atoms with Gasteiger partial charge in [0.25, 0.3) is 5.91 Å². The van der Waals surface area contributed by atoms with Crippen LogP contribution in [0.4, 0.5) is 4.79 Å². The molecule has 0 aliphatic heterocycles. The molecule has 0 heterocycles. The van der Waals surface area contributed by atoms with Crippen LogP contribution in [0.15, 0.2) is 24.3 Å². The van der Waals surface area contributed by atoms with Crippen molar-refractivity contribution in [3.05, 3.63) is 35.4 Å². The third kappa shape index (κ3) is 3.07. The Hall–Kier alpha value is -1.88. The standard InChI is InChI=1S/C10H13N3O2/c1-7-3-5-8(6-4-7)9(14)12-10(15)13(2)11/h3-6H,11H2,1-2H3,(H,12,14,15). The SMILES string of the molecule is Cc1ccc(C(=O)NC(=O)N(C)N)cc1. The zero-order valence-electron chi connectivity index (χ0n) is 8.65. The maximum atomic E-state index is 11.5. The molecule has 3 amide bonds. The van der Waals surface area contributed by atoms with Gasteiger partial charge in [0.2, 0.25) is 0 Å². The molecule has 0 radical (unpaired) electrons. The molecule has 3 N–H and O–H groups in total. The van der Waals surface area contributed by atoms with Gasteiger partial charge < -0.3 is 0 Å². The molecule has 80 valence electrons. The van der Waals surface area contributed by atoms with E-state index in [1.165, 1.54) is 7.05 Å². The first-order valence-electron chi connectivity index (χ1n) is 4.41. The van der Waals surface area contributed by atoms with Crippen LogP contribution in [0.2, 0.25) is 0 Å². The molecule has 0 unspecified atom stereocenters. The summed E-state index contributed by atoms with van der Waals surface area (Å²) in [4.78, 5) is 22.5. The predicted molar refractivity (Wildman–Crippen MR) is 56.0 cm³/mol. The van der Waals surface area contributed by atoms with Gasteiger partial charge in [-0.2, -0.15) is 0 Å². The molecule has 0 spiro atoms. The first-order valence-corrected chi connectivity index (χ1v) is 4.41. The van der Waals surface area contributed by atoms with Gasteiger partial charge >= 0.3 is 6.03 Å². The molecule has 0 fully saturated rings. The molecule has 0 saturated heterocycles. The third-order valence-electron chi connectivity index (χ3n) is 1.85. The largest absolute Gasteiger partial charge is 0.338 e. The van der Waals surface area contributed by atoms with E-state index in [1.807, 2.05) is 6.92 Å². The summed E-state index contributed by atoms with van der Waals surface area (Å²) in [6.07, 6.45) is 0. The Morgan fingerprint density at radius 3 is 2.27 bits per heavy atom. The van der Waals surface area contributed by atoms with Gasteiger partial charge in [0.05, 0.1) is 0 Å². The van der Waals surface area contributed by atoms with E-state index in [4.69, 9.17) is 5.84 Å². The Balaban J connectivity index is 2.69. The van der Waals surface area contributed by atoms with Crippen LogP contribution in [0.5, 0.6) is 0 Å². The highest BCUT2D eigenvalue weighted by Crippen LogP contribution is 2.02. The van der Waals surface area contributed by atoms with Gasteiger partial charge in [-0.1, -0.05) is 17.7 Å². The lowest BCUT2D eigenvalue weighted by molar-refractivity contribution is 0.0954. The van der Waals surface area contributed by atoms with Gasteiger partial charge in [-0.15, -0.1) is 0 Å². The highest BCUT2D eigenvalue weighted by Gasteiger charge is 2.11. The highest BCUT2D eigenvalue weighted by atomic mass is 16.2. The van der Waals surface area contributed by atoms with E-state index >= 15 is 0 Å². The Kier molecular flexibility index (Phi) is 3.41. The van der Waals surface area contributed by atoms with E-state index in [0.717, 1.165) is 10.6 Å². The number of nitrogens with one attached hydrogen (secondary N) is 1. The Morgan fingerprint density at radius 1 is 1.27 bits per heavy atom. The molecule has 0 saturated carbocycles. The Morgan fingerprint density at radius 2 is 1.80 bits per heavy atom. The molecule has 0 aromatic heterocycles. The van der Waals surface area contributed by atoms with Crippen LogP contribution in [-0.4, -0.2) is 24.0 Å². The molecule has 0 aliphatic rings. The van der Waals surface area contributed by atoms with Crippen molar-refractivity contribution < 1.29 is 9.59 Å². The normalized spacial score (nSPS) is 9.53. The van der Waals surface area contributed by atoms with Crippen molar-refractivity contribution in [2.24, 2.45) is 5.84 Å². The number of nitrogens with two attached hydrogens (primary N) is 1. The van der Waals surface area contributed by atoms with Crippen LogP contribution < -0.4 is 11.2 Å². The first-order chi connectivity index (χ1) is 7.00. The zero-order chi connectivity index (χ0) is 11.4. The van der Waals surface area contributed by atoms with Gasteiger partial charge in [-0.25, -0.2) is 10.6 Å². The molecule has 0 bridgehead atoms. The molecular formula is C10H13N3O2. The number of benzene rings is 1. The summed E-state index contributed by atoms with van der Waals surface area (Å²) in [5.41, 5.74) is 1.48. The zero-order valence-corrected chi connectivity index (χ0v) is 8.65. The first kappa shape index (κ1) is 11.2. The minimum atomic E-state index is -0.638. The number of rotatable bonds is 1. The lowest BCUT2D eigenvalue weighted by atomic mass is 10.1. The molecular weight excluding hydrogens is 194 g/mol. The number of nitrogens with zero attached hydrogens (tertiary/aromatic N) is 1. The van der Waals surface area contributed by atoms with E-state index in [1.54, 1.807) is 24.3 Å². The summed E-state index contributed by atoms with van der Waals surface area (Å²) in [7, 11) is 1.36. The summed E-state index contributed by atoms with van der Waals surface area (Å²) in [5.74, 6) is 4.69. The van der Waals surface area contributed by atoms with E-state index < -0.39 is 11.9 Å². The highest BCUT2D eigenvalue weighted by molar-refractivity contribution is 6.03. The van der Waals surface area contributed by atoms with Gasteiger partial charge in [-0.3, -0.25) is 15.1 Å². The maximum Gasteiger partial charge on any atom is 0.338 e.